The molecule has 0 spiro atoms. The molecular weight excluding hydrogens is 310 g/mol. The third-order valence-electron chi connectivity index (χ3n) is 2.51. The zero-order chi connectivity index (χ0) is 14.8. The summed E-state index contributed by atoms with van der Waals surface area (Å²) in [6, 6.07) is 10.8. The Hall–Kier alpha value is -1.66. The van der Waals surface area contributed by atoms with Crippen molar-refractivity contribution in [2.45, 2.75) is 11.5 Å². The number of hydrogen-bond donors (Lipinski definition) is 0. The fraction of sp³-hybridized carbons (Fsp3) is 0.0769. The van der Waals surface area contributed by atoms with Gasteiger partial charge in [0.25, 0.3) is 9.05 Å². The van der Waals surface area contributed by atoms with Gasteiger partial charge in [0, 0.05) is 10.7 Å². The number of benzene rings is 2. The molecule has 7 heteroatoms. The minimum Gasteiger partial charge on any atom is -0.486 e. The van der Waals surface area contributed by atoms with E-state index in [4.69, 9.17) is 15.4 Å². The lowest BCUT2D eigenvalue weighted by Gasteiger charge is -2.09. The molecular formula is C13H9ClF2O3S. The number of halogens is 3. The molecule has 20 heavy (non-hydrogen) atoms. The first-order chi connectivity index (χ1) is 9.39. The standard InChI is InChI=1S/C13H9ClF2O3S/c14-20(17,18)11-7-6-10(12(15)13(11)16)19-8-9-4-2-1-3-5-9/h1-7H,8H2. The van der Waals surface area contributed by atoms with Crippen LogP contribution in [0, 0.1) is 11.6 Å². The molecule has 0 fully saturated rings. The van der Waals surface area contributed by atoms with E-state index in [1.807, 2.05) is 6.07 Å². The predicted octanol–water partition coefficient (Wildman–Crippen LogP) is 3.47. The summed E-state index contributed by atoms with van der Waals surface area (Å²) in [5.74, 6) is -3.32. The van der Waals surface area contributed by atoms with Gasteiger partial charge in [0.15, 0.2) is 11.6 Å². The molecule has 0 aliphatic carbocycles. The van der Waals surface area contributed by atoms with Crippen LogP contribution in [0.3, 0.4) is 0 Å². The SMILES string of the molecule is O=S(=O)(Cl)c1ccc(OCc2ccccc2)c(F)c1F. The minimum absolute atomic E-state index is 0.0319. The molecule has 0 saturated carbocycles. The summed E-state index contributed by atoms with van der Waals surface area (Å²) in [5, 5.41) is 0. The van der Waals surface area contributed by atoms with Crippen LogP contribution in [0.15, 0.2) is 47.4 Å². The Morgan fingerprint density at radius 1 is 1.00 bits per heavy atom. The summed E-state index contributed by atoms with van der Waals surface area (Å²) in [4.78, 5) is -0.913. The van der Waals surface area contributed by atoms with Crippen molar-refractivity contribution in [2.24, 2.45) is 0 Å². The van der Waals surface area contributed by atoms with Gasteiger partial charge < -0.3 is 4.74 Å². The number of ether oxygens (including phenoxy) is 1. The Bertz CT molecular complexity index is 718. The highest BCUT2D eigenvalue weighted by molar-refractivity contribution is 8.13. The van der Waals surface area contributed by atoms with Crippen molar-refractivity contribution in [1.29, 1.82) is 0 Å². The Balaban J connectivity index is 2.25. The van der Waals surface area contributed by atoms with E-state index in [-0.39, 0.29) is 12.4 Å². The highest BCUT2D eigenvalue weighted by atomic mass is 35.7. The second-order valence-corrected chi connectivity index (χ2v) is 6.44. The lowest BCUT2D eigenvalue weighted by Crippen LogP contribution is -2.03. The quantitative estimate of drug-likeness (QED) is 0.811. The van der Waals surface area contributed by atoms with E-state index in [2.05, 4.69) is 0 Å². The summed E-state index contributed by atoms with van der Waals surface area (Å²) >= 11 is 0. The predicted molar refractivity (Wildman–Crippen MR) is 70.2 cm³/mol. The van der Waals surface area contributed by atoms with Crippen LogP contribution >= 0.6 is 10.7 Å². The summed E-state index contributed by atoms with van der Waals surface area (Å²) in [5.41, 5.74) is 0.765. The molecule has 3 nitrogen and oxygen atoms in total. The second kappa shape index (κ2) is 5.76. The maximum absolute atomic E-state index is 13.7. The van der Waals surface area contributed by atoms with Crippen LogP contribution in [-0.2, 0) is 15.7 Å². The lowest BCUT2D eigenvalue weighted by molar-refractivity contribution is 0.283. The second-order valence-electron chi connectivity index (χ2n) is 3.90. The molecule has 2 aromatic rings. The van der Waals surface area contributed by atoms with Crippen LogP contribution in [0.25, 0.3) is 0 Å². The van der Waals surface area contributed by atoms with Crippen LogP contribution in [0.5, 0.6) is 5.75 Å². The lowest BCUT2D eigenvalue weighted by atomic mass is 10.2. The zero-order valence-corrected chi connectivity index (χ0v) is 11.6. The summed E-state index contributed by atoms with van der Waals surface area (Å²) in [6.07, 6.45) is 0. The maximum atomic E-state index is 13.7. The molecule has 0 radical (unpaired) electrons. The molecule has 0 heterocycles. The van der Waals surface area contributed by atoms with E-state index in [0.717, 1.165) is 17.7 Å². The Morgan fingerprint density at radius 2 is 1.65 bits per heavy atom. The fourth-order valence-corrected chi connectivity index (χ4v) is 2.44. The Kier molecular flexibility index (Phi) is 4.25. The first kappa shape index (κ1) is 14.7. The van der Waals surface area contributed by atoms with Crippen molar-refractivity contribution < 1.29 is 21.9 Å². The van der Waals surface area contributed by atoms with E-state index in [1.54, 1.807) is 24.3 Å². The molecule has 0 amide bonds. The van der Waals surface area contributed by atoms with Crippen molar-refractivity contribution in [2.75, 3.05) is 0 Å². The van der Waals surface area contributed by atoms with Crippen molar-refractivity contribution in [3.05, 3.63) is 59.7 Å². The molecule has 2 rings (SSSR count). The third kappa shape index (κ3) is 3.26. The van der Waals surface area contributed by atoms with Gasteiger partial charge in [-0.1, -0.05) is 30.3 Å². The summed E-state index contributed by atoms with van der Waals surface area (Å²) in [6.45, 7) is 0.0319. The first-order valence-corrected chi connectivity index (χ1v) is 7.80. The van der Waals surface area contributed by atoms with Crippen LogP contribution in [0.2, 0.25) is 0 Å². The Morgan fingerprint density at radius 3 is 2.25 bits per heavy atom. The number of rotatable bonds is 4. The molecule has 0 aliphatic rings. The highest BCUT2D eigenvalue weighted by Gasteiger charge is 2.22. The minimum atomic E-state index is -4.34. The molecule has 2 aromatic carbocycles. The maximum Gasteiger partial charge on any atom is 0.264 e. The van der Waals surface area contributed by atoms with Gasteiger partial charge in [-0.15, -0.1) is 0 Å². The largest absolute Gasteiger partial charge is 0.486 e. The van der Waals surface area contributed by atoms with Crippen LogP contribution in [0.1, 0.15) is 5.56 Å². The zero-order valence-electron chi connectivity index (χ0n) is 10.0. The third-order valence-corrected chi connectivity index (χ3v) is 3.85. The van der Waals surface area contributed by atoms with Crippen LogP contribution in [-0.4, -0.2) is 8.42 Å². The van der Waals surface area contributed by atoms with Crippen molar-refractivity contribution >= 4 is 19.7 Å². The smallest absolute Gasteiger partial charge is 0.264 e. The van der Waals surface area contributed by atoms with Gasteiger partial charge in [0.05, 0.1) is 0 Å². The molecule has 106 valence electrons. The molecule has 0 aliphatic heterocycles. The monoisotopic (exact) mass is 318 g/mol. The molecule has 0 saturated heterocycles. The highest BCUT2D eigenvalue weighted by Crippen LogP contribution is 2.28. The normalized spacial score (nSPS) is 11.3. The topological polar surface area (TPSA) is 43.4 Å². The molecule has 0 unspecified atom stereocenters. The van der Waals surface area contributed by atoms with Crippen molar-refractivity contribution in [1.82, 2.24) is 0 Å². The summed E-state index contributed by atoms with van der Waals surface area (Å²) in [7, 11) is 0.648. The summed E-state index contributed by atoms with van der Waals surface area (Å²) < 4.78 is 54.4. The van der Waals surface area contributed by atoms with Gasteiger partial charge in [-0.05, 0) is 17.7 Å². The van der Waals surface area contributed by atoms with E-state index in [9.17, 15) is 17.2 Å². The van der Waals surface area contributed by atoms with Crippen molar-refractivity contribution in [3.8, 4) is 5.75 Å². The van der Waals surface area contributed by atoms with E-state index >= 15 is 0 Å². The van der Waals surface area contributed by atoms with Crippen LogP contribution < -0.4 is 4.74 Å². The molecule has 0 N–H and O–H groups in total. The average Bonchev–Trinajstić information content (AvgIpc) is 2.40. The van der Waals surface area contributed by atoms with Crippen molar-refractivity contribution in [3.63, 3.8) is 0 Å². The number of hydrogen-bond acceptors (Lipinski definition) is 3. The average molecular weight is 319 g/mol. The fourth-order valence-electron chi connectivity index (χ4n) is 1.55. The molecule has 0 bridgehead atoms. The van der Waals surface area contributed by atoms with E-state index in [1.165, 1.54) is 0 Å². The van der Waals surface area contributed by atoms with Gasteiger partial charge in [-0.2, -0.15) is 4.39 Å². The van der Waals surface area contributed by atoms with Gasteiger partial charge >= 0.3 is 0 Å². The first-order valence-electron chi connectivity index (χ1n) is 5.49. The van der Waals surface area contributed by atoms with Gasteiger partial charge in [0.2, 0.25) is 5.82 Å². The molecule has 0 atom stereocenters. The molecule has 0 aromatic heterocycles. The Labute approximate surface area is 119 Å². The van der Waals surface area contributed by atoms with Gasteiger partial charge in [-0.3, -0.25) is 0 Å². The van der Waals surface area contributed by atoms with Gasteiger partial charge in [0.1, 0.15) is 11.5 Å². The van der Waals surface area contributed by atoms with E-state index in [0.29, 0.717) is 0 Å². The van der Waals surface area contributed by atoms with Gasteiger partial charge in [-0.25, -0.2) is 12.8 Å². The van der Waals surface area contributed by atoms with E-state index < -0.39 is 25.6 Å². The van der Waals surface area contributed by atoms with Crippen LogP contribution in [0.4, 0.5) is 8.78 Å².